The Bertz CT molecular complexity index is 489. The van der Waals surface area contributed by atoms with Crippen LogP contribution in [0.3, 0.4) is 0 Å². The van der Waals surface area contributed by atoms with E-state index in [-0.39, 0.29) is 68.3 Å². The van der Waals surface area contributed by atoms with Crippen molar-refractivity contribution < 1.29 is 68.3 Å². The Labute approximate surface area is 391 Å². The van der Waals surface area contributed by atoms with Crippen molar-refractivity contribution in [1.82, 2.24) is 0 Å². The summed E-state index contributed by atoms with van der Waals surface area (Å²) in [6, 6.07) is 0. The third-order valence-electron chi connectivity index (χ3n) is 5.20. The number of rotatable bonds is 38. The maximum absolute atomic E-state index is 6.88. The topological polar surface area (TPSA) is 393 Å². The normalized spacial score (nSPS) is 9.58. The second kappa shape index (κ2) is 92.5. The van der Waals surface area contributed by atoms with E-state index in [9.17, 15) is 0 Å². The molecule has 0 atom stereocenters. The fourth-order valence-electron chi connectivity index (χ4n) is 2.87. The minimum Gasteiger partial charge on any atom is -0.679 e. The first kappa shape index (κ1) is 78.7. The molecule has 0 fully saturated rings. The molecule has 57 heavy (non-hydrogen) atoms. The van der Waals surface area contributed by atoms with Gasteiger partial charge in [0.1, 0.15) is 0 Å². The van der Waals surface area contributed by atoms with Crippen LogP contribution in [0.1, 0.15) is 0 Å². The van der Waals surface area contributed by atoms with Gasteiger partial charge in [0.25, 0.3) is 0 Å². The first-order chi connectivity index (χ1) is 26.1. The molecule has 0 radical (unpaired) electrons. The molecule has 25 heteroatoms. The minimum atomic E-state index is 0. The van der Waals surface area contributed by atoms with Gasteiger partial charge in [-0.2, -0.15) is 209 Å². The Balaban J connectivity index is -0.0000000734. The van der Waals surface area contributed by atoms with Crippen molar-refractivity contribution >= 4 is 0 Å². The summed E-state index contributed by atoms with van der Waals surface area (Å²) in [4.78, 5) is 0. The molecule has 0 aliphatic rings. The largest absolute Gasteiger partial charge is 6.00 e. The summed E-state index contributed by atoms with van der Waals surface area (Å²) >= 11 is 0. The van der Waals surface area contributed by atoms with Gasteiger partial charge in [-0.15, -0.1) is 0 Å². The summed E-state index contributed by atoms with van der Waals surface area (Å²) in [6.07, 6.45) is 0. The molecule has 0 aliphatic carbocycles. The Morgan fingerprint density at radius 1 is 0.158 bits per heavy atom. The van der Waals surface area contributed by atoms with Gasteiger partial charge in [-0.25, -0.2) is 0 Å². The molecule has 0 aromatic heterocycles. The van der Waals surface area contributed by atoms with Gasteiger partial charge < -0.3 is 116 Å². The van der Waals surface area contributed by atoms with Crippen molar-refractivity contribution in [1.29, 1.82) is 0 Å². The second-order valence-corrected chi connectivity index (χ2v) is 9.88. The van der Waals surface area contributed by atoms with Crippen molar-refractivity contribution in [3.63, 3.8) is 0 Å². The summed E-state index contributed by atoms with van der Waals surface area (Å²) in [7, 11) is 0. The smallest absolute Gasteiger partial charge is 0.679 e. The van der Waals surface area contributed by atoms with E-state index < -0.39 is 0 Å². The zero-order chi connectivity index (χ0) is 40.4. The Kier molecular flexibility index (Phi) is 128. The average Bonchev–Trinajstić information content (AvgIpc) is 3.17. The molecular formula is C32H74Fe4N21-9. The van der Waals surface area contributed by atoms with Gasteiger partial charge >= 0.3 is 68.3 Å². The van der Waals surface area contributed by atoms with E-state index >= 15 is 0 Å². The van der Waals surface area contributed by atoms with Crippen LogP contribution >= 0.6 is 0 Å². The SMILES string of the molecule is [Fe+2].[Fe+2].[Fe+2].[Fe+6].[NH-]CC[N-]CC[N-]CC[N-]CC[N-]CC[NH-].[NH-]CC[N-]CC[N-]CC[N-]CC[NH-].[NH-]CC[N-]CC[N-]CC[NH-].[NH-]CC[N-]CC[NH-].[NH-]CC[N-]CC[NH-]. The molecule has 21 nitrogen and oxygen atoms in total. The molecule has 0 spiro atoms. The molecule has 10 N–H and O–H groups in total. The maximum Gasteiger partial charge on any atom is 6.00 e. The van der Waals surface area contributed by atoms with Gasteiger partial charge in [0.2, 0.25) is 0 Å². The van der Waals surface area contributed by atoms with E-state index in [1.807, 2.05) is 0 Å². The minimum absolute atomic E-state index is 0. The summed E-state index contributed by atoms with van der Waals surface area (Å²) in [6.45, 7) is 18.7. The summed E-state index contributed by atoms with van der Waals surface area (Å²) < 4.78 is 0. The van der Waals surface area contributed by atoms with E-state index in [1.54, 1.807) is 0 Å². The Hall–Kier alpha value is 1.24. The number of hydrogen-bond acceptors (Lipinski definition) is 0. The Morgan fingerprint density at radius 3 is 0.316 bits per heavy atom. The van der Waals surface area contributed by atoms with Crippen LogP contribution in [0.15, 0.2) is 0 Å². The van der Waals surface area contributed by atoms with Crippen LogP contribution in [0.5, 0.6) is 0 Å². The summed E-state index contributed by atoms with van der Waals surface area (Å²) in [5.74, 6) is 0. The van der Waals surface area contributed by atoms with E-state index in [4.69, 9.17) is 57.3 Å². The molecular weight excluding hydrogens is 902 g/mol. The van der Waals surface area contributed by atoms with Crippen LogP contribution in [-0.2, 0) is 68.3 Å². The first-order valence-electron chi connectivity index (χ1n) is 18.5. The first-order valence-corrected chi connectivity index (χ1v) is 18.5. The Morgan fingerprint density at radius 2 is 0.228 bits per heavy atom. The van der Waals surface area contributed by atoms with Crippen molar-refractivity contribution in [2.45, 2.75) is 0 Å². The van der Waals surface area contributed by atoms with Crippen LogP contribution in [0, 0.1) is 0 Å². The quantitative estimate of drug-likeness (QED) is 0.0412. The van der Waals surface area contributed by atoms with E-state index in [0.717, 1.165) is 78.5 Å². The molecule has 0 unspecified atom stereocenters. The van der Waals surface area contributed by atoms with Crippen LogP contribution < -0.4 is 0 Å². The van der Waals surface area contributed by atoms with Crippen molar-refractivity contribution in [3.8, 4) is 0 Å². The zero-order valence-electron chi connectivity index (χ0n) is 34.0. The zero-order valence-corrected chi connectivity index (χ0v) is 38.4. The average molecular weight is 976 g/mol. The van der Waals surface area contributed by atoms with Crippen molar-refractivity contribution in [2.24, 2.45) is 0 Å². The summed E-state index contributed by atoms with van der Waals surface area (Å²) in [5.41, 5.74) is 67.5. The van der Waals surface area contributed by atoms with Gasteiger partial charge in [0.15, 0.2) is 0 Å². The molecule has 0 saturated heterocycles. The molecule has 348 valence electrons. The van der Waals surface area contributed by atoms with Gasteiger partial charge in [-0.05, 0) is 0 Å². The van der Waals surface area contributed by atoms with Crippen molar-refractivity contribution in [2.75, 3.05) is 209 Å². The summed E-state index contributed by atoms with van der Waals surface area (Å²) in [5, 5.41) is 44.8. The van der Waals surface area contributed by atoms with Gasteiger partial charge in [-0.3, -0.25) is 0 Å². The molecule has 0 rings (SSSR count). The fourth-order valence-corrected chi connectivity index (χ4v) is 2.87. The third-order valence-corrected chi connectivity index (χ3v) is 5.20. The third kappa shape index (κ3) is 113. The molecule has 0 saturated carbocycles. The predicted molar refractivity (Wildman–Crippen MR) is 236 cm³/mol. The number of nitrogens with one attached hydrogen (secondary N) is 10. The molecule has 0 amide bonds. The molecule has 0 aliphatic heterocycles. The number of hydrogen-bond donors (Lipinski definition) is 0. The van der Waals surface area contributed by atoms with Gasteiger partial charge in [-0.1, -0.05) is 0 Å². The molecule has 0 aromatic carbocycles. The predicted octanol–water partition coefficient (Wildman–Crippen LogP) is 9.55. The van der Waals surface area contributed by atoms with Crippen LogP contribution in [0.25, 0.3) is 116 Å². The number of nitrogens with zero attached hydrogens (tertiary/aromatic N) is 11. The second-order valence-electron chi connectivity index (χ2n) is 9.88. The van der Waals surface area contributed by atoms with E-state index in [2.05, 4.69) is 58.5 Å². The fraction of sp³-hybridized carbons (Fsp3) is 1.00. The van der Waals surface area contributed by atoms with Crippen molar-refractivity contribution in [3.05, 3.63) is 116 Å². The standard InChI is InChI=1S/C10H22N6.C8H18N5.C6H14N4.2C4H10N3.4Fe/c11-1-3-13-5-7-15-9-10-16-8-6-14-4-2-12;9-1-3-11-5-7-13-8-6-12-4-2-10;7-1-3-9-5-6-10-4-2-8;2*5-1-3-7-4-2-6;;;;/h11-12H,1-10H2;9-10H,1-8H2;7-8H,1-6H2;2*5-6H,1-4H2;;;;/q-6;-5;-4;2*-3;3*+2;+6. The van der Waals surface area contributed by atoms with E-state index in [0.29, 0.717) is 131 Å². The van der Waals surface area contributed by atoms with Crippen LogP contribution in [0.2, 0.25) is 0 Å². The van der Waals surface area contributed by atoms with Gasteiger partial charge in [0, 0.05) is 0 Å². The molecule has 0 aromatic rings. The maximum atomic E-state index is 6.88. The van der Waals surface area contributed by atoms with E-state index in [1.165, 1.54) is 0 Å². The van der Waals surface area contributed by atoms with Crippen LogP contribution in [-0.4, -0.2) is 209 Å². The molecule has 0 bridgehead atoms. The molecule has 0 heterocycles. The monoisotopic (exact) mass is 976 g/mol. The van der Waals surface area contributed by atoms with Crippen LogP contribution in [0.4, 0.5) is 0 Å². The van der Waals surface area contributed by atoms with Gasteiger partial charge in [0.05, 0.1) is 0 Å².